The molecule has 5 aromatic rings. The summed E-state index contributed by atoms with van der Waals surface area (Å²) in [7, 11) is 0. The van der Waals surface area contributed by atoms with Gasteiger partial charge in [0.25, 0.3) is 5.56 Å². The van der Waals surface area contributed by atoms with Gasteiger partial charge >= 0.3 is 0 Å². The van der Waals surface area contributed by atoms with Gasteiger partial charge < -0.3 is 20.2 Å². The molecule has 3 saturated heterocycles. The number of nitrogens with zero attached hydrogens (tertiary/aromatic N) is 3. The van der Waals surface area contributed by atoms with E-state index in [0.717, 1.165) is 58.4 Å². The smallest absolute Gasteiger partial charge is 0.261 e. The van der Waals surface area contributed by atoms with Gasteiger partial charge in [0.05, 0.1) is 33.9 Å². The van der Waals surface area contributed by atoms with Gasteiger partial charge in [-0.05, 0) is 79.4 Å². The average molecular weight is 487 g/mol. The molecule has 8 rings (SSSR count). The van der Waals surface area contributed by atoms with Crippen LogP contribution in [-0.4, -0.2) is 45.5 Å². The van der Waals surface area contributed by atoms with E-state index in [2.05, 4.69) is 32.3 Å². The van der Waals surface area contributed by atoms with Crippen LogP contribution in [0.15, 0.2) is 71.5 Å². The number of para-hydroxylation sites is 2. The minimum absolute atomic E-state index is 0.165. The number of nitrogens with one attached hydrogen (secondary N) is 3. The first-order chi connectivity index (χ1) is 18.2. The molecule has 3 aromatic carbocycles. The molecule has 0 amide bonds. The topological polar surface area (TPSA) is 101 Å². The third kappa shape index (κ3) is 3.78. The van der Waals surface area contributed by atoms with Crippen LogP contribution in [0.4, 0.5) is 5.69 Å². The number of pyridine rings is 1. The lowest BCUT2D eigenvalue weighted by Crippen LogP contribution is -2.53. The Morgan fingerprint density at radius 3 is 2.46 bits per heavy atom. The van der Waals surface area contributed by atoms with Gasteiger partial charge in [-0.1, -0.05) is 30.3 Å². The Hall–Kier alpha value is -4.41. The van der Waals surface area contributed by atoms with Crippen molar-refractivity contribution in [3.8, 4) is 28.6 Å². The molecule has 2 aromatic heterocycles. The van der Waals surface area contributed by atoms with Crippen LogP contribution in [0.5, 0.6) is 0 Å². The molecule has 3 N–H and O–H groups in total. The Morgan fingerprint density at radius 1 is 0.946 bits per heavy atom. The van der Waals surface area contributed by atoms with Gasteiger partial charge in [-0.25, -0.2) is 4.98 Å². The lowest BCUT2D eigenvalue weighted by atomic mass is 9.83. The zero-order valence-corrected chi connectivity index (χ0v) is 20.3. The highest BCUT2D eigenvalue weighted by Gasteiger charge is 2.35. The average Bonchev–Trinajstić information content (AvgIpc) is 3.37. The SMILES string of the molecule is N#Cc1ccc(-c2ccc3[nH]c(=O)c(-c4nc5ccccc5[nH]4)c(N[C@H]4CN5CCC4CC5)c3c2)cc1. The van der Waals surface area contributed by atoms with Gasteiger partial charge in [0.2, 0.25) is 0 Å². The fourth-order valence-corrected chi connectivity index (χ4v) is 5.97. The summed E-state index contributed by atoms with van der Waals surface area (Å²) in [6.45, 7) is 3.28. The second-order valence-electron chi connectivity index (χ2n) is 10.1. The van der Waals surface area contributed by atoms with E-state index in [-0.39, 0.29) is 11.6 Å². The minimum atomic E-state index is -0.165. The Labute approximate surface area is 213 Å². The van der Waals surface area contributed by atoms with Crippen molar-refractivity contribution in [2.24, 2.45) is 5.92 Å². The highest BCUT2D eigenvalue weighted by atomic mass is 16.1. The van der Waals surface area contributed by atoms with E-state index in [9.17, 15) is 10.1 Å². The van der Waals surface area contributed by atoms with Gasteiger partial charge in [0.1, 0.15) is 11.4 Å². The summed E-state index contributed by atoms with van der Waals surface area (Å²) in [5.74, 6) is 1.15. The van der Waals surface area contributed by atoms with E-state index in [0.29, 0.717) is 22.9 Å². The molecule has 0 saturated carbocycles. The van der Waals surface area contributed by atoms with Crippen LogP contribution in [0.1, 0.15) is 18.4 Å². The number of hydrogen-bond acceptors (Lipinski definition) is 5. The second-order valence-corrected chi connectivity index (χ2v) is 10.1. The molecule has 182 valence electrons. The molecule has 0 aliphatic carbocycles. The molecule has 5 heterocycles. The molecule has 2 bridgehead atoms. The number of aromatic nitrogens is 3. The Morgan fingerprint density at radius 2 is 1.73 bits per heavy atom. The van der Waals surface area contributed by atoms with E-state index in [1.807, 2.05) is 60.7 Å². The Bertz CT molecular complexity index is 1700. The lowest BCUT2D eigenvalue weighted by Gasteiger charge is -2.45. The van der Waals surface area contributed by atoms with Gasteiger partial charge in [-0.3, -0.25) is 4.79 Å². The van der Waals surface area contributed by atoms with Crippen LogP contribution in [0.2, 0.25) is 0 Å². The molecule has 3 aliphatic heterocycles. The highest BCUT2D eigenvalue weighted by Crippen LogP contribution is 2.37. The maximum absolute atomic E-state index is 13.6. The molecule has 3 aliphatic rings. The molecule has 0 spiro atoms. The van der Waals surface area contributed by atoms with E-state index >= 15 is 0 Å². The number of anilines is 1. The maximum atomic E-state index is 13.6. The molecule has 0 radical (unpaired) electrons. The number of rotatable bonds is 4. The fraction of sp³-hybridized carbons (Fsp3) is 0.233. The van der Waals surface area contributed by atoms with Crippen molar-refractivity contribution in [3.05, 3.63) is 82.6 Å². The van der Waals surface area contributed by atoms with Crippen LogP contribution in [0, 0.1) is 17.2 Å². The standard InChI is InChI=1S/C30H26N6O/c31-16-18-5-7-19(8-6-18)21-9-10-23-22(15-21)28(32-26-17-36-13-11-20(26)12-14-36)27(30(37)35-23)29-33-24-3-1-2-4-25(24)34-29/h1-10,15,20,26H,11-14,17H2,(H,33,34)(H2,32,35,37)/t26-/m0/s1. The van der Waals surface area contributed by atoms with E-state index in [1.165, 1.54) is 12.8 Å². The third-order valence-electron chi connectivity index (χ3n) is 7.97. The van der Waals surface area contributed by atoms with Crippen molar-refractivity contribution in [2.75, 3.05) is 25.0 Å². The molecule has 1 atom stereocenters. The molecular weight excluding hydrogens is 460 g/mol. The highest BCUT2D eigenvalue weighted by molar-refractivity contribution is 6.01. The van der Waals surface area contributed by atoms with Crippen molar-refractivity contribution in [1.82, 2.24) is 19.9 Å². The van der Waals surface area contributed by atoms with Gasteiger partial charge in [0, 0.05) is 18.0 Å². The molecule has 37 heavy (non-hydrogen) atoms. The summed E-state index contributed by atoms with van der Waals surface area (Å²) in [5, 5.41) is 14.0. The normalized spacial score (nSPS) is 20.8. The quantitative estimate of drug-likeness (QED) is 0.328. The predicted molar refractivity (Wildman–Crippen MR) is 146 cm³/mol. The van der Waals surface area contributed by atoms with Crippen molar-refractivity contribution in [2.45, 2.75) is 18.9 Å². The first-order valence-electron chi connectivity index (χ1n) is 12.8. The van der Waals surface area contributed by atoms with Crippen LogP contribution in [0.25, 0.3) is 44.5 Å². The second kappa shape index (κ2) is 8.61. The molecule has 0 unspecified atom stereocenters. The zero-order chi connectivity index (χ0) is 24.9. The third-order valence-corrected chi connectivity index (χ3v) is 7.97. The summed E-state index contributed by atoms with van der Waals surface area (Å²) >= 11 is 0. The van der Waals surface area contributed by atoms with Gasteiger partial charge in [-0.2, -0.15) is 5.26 Å². The van der Waals surface area contributed by atoms with E-state index in [1.54, 1.807) is 0 Å². The van der Waals surface area contributed by atoms with Gasteiger partial charge in [0.15, 0.2) is 0 Å². The van der Waals surface area contributed by atoms with E-state index in [4.69, 9.17) is 4.98 Å². The molecule has 7 nitrogen and oxygen atoms in total. The number of aromatic amines is 2. The summed E-state index contributed by atoms with van der Waals surface area (Å²) in [6, 6.07) is 24.0. The number of benzene rings is 3. The summed E-state index contributed by atoms with van der Waals surface area (Å²) in [5.41, 5.74) is 6.39. The van der Waals surface area contributed by atoms with Crippen LogP contribution in [0.3, 0.4) is 0 Å². The largest absolute Gasteiger partial charge is 0.379 e. The van der Waals surface area contributed by atoms with E-state index < -0.39 is 0 Å². The molecule has 3 fully saturated rings. The first-order valence-corrected chi connectivity index (χ1v) is 12.8. The van der Waals surface area contributed by atoms with Crippen molar-refractivity contribution < 1.29 is 0 Å². The molecular formula is C30H26N6O. The fourth-order valence-electron chi connectivity index (χ4n) is 5.97. The number of imidazole rings is 1. The van der Waals surface area contributed by atoms with Crippen molar-refractivity contribution in [3.63, 3.8) is 0 Å². The van der Waals surface area contributed by atoms with Crippen LogP contribution < -0.4 is 10.9 Å². The van der Waals surface area contributed by atoms with Crippen molar-refractivity contribution >= 4 is 27.6 Å². The van der Waals surface area contributed by atoms with Crippen LogP contribution in [-0.2, 0) is 0 Å². The first kappa shape index (κ1) is 21.8. The number of hydrogen-bond donors (Lipinski definition) is 3. The maximum Gasteiger partial charge on any atom is 0.261 e. The minimum Gasteiger partial charge on any atom is -0.379 e. The molecule has 7 heteroatoms. The zero-order valence-electron chi connectivity index (χ0n) is 20.3. The number of H-pyrrole nitrogens is 2. The predicted octanol–water partition coefficient (Wildman–Crippen LogP) is 5.12. The van der Waals surface area contributed by atoms with Crippen molar-refractivity contribution in [1.29, 1.82) is 5.26 Å². The Balaban J connectivity index is 1.43. The summed E-state index contributed by atoms with van der Waals surface area (Å²) in [4.78, 5) is 27.3. The van der Waals surface area contributed by atoms with Gasteiger partial charge in [-0.15, -0.1) is 0 Å². The number of fused-ring (bicyclic) bond motifs is 5. The Kier molecular flexibility index (Phi) is 5.08. The monoisotopic (exact) mass is 486 g/mol. The summed E-state index contributed by atoms with van der Waals surface area (Å²) < 4.78 is 0. The lowest BCUT2D eigenvalue weighted by molar-refractivity contribution is 0.0976. The number of piperidine rings is 3. The summed E-state index contributed by atoms with van der Waals surface area (Å²) in [6.07, 6.45) is 2.35. The number of nitriles is 1. The van der Waals surface area contributed by atoms with Crippen LogP contribution >= 0.6 is 0 Å².